The molecular weight excluding hydrogens is 424 g/mol. The van der Waals surface area contributed by atoms with Crippen molar-refractivity contribution in [3.8, 4) is 11.4 Å². The number of hydrogen-bond acceptors (Lipinski definition) is 7. The van der Waals surface area contributed by atoms with Crippen LogP contribution in [0.1, 0.15) is 5.56 Å². The molecule has 0 N–H and O–H groups in total. The molecule has 1 aliphatic heterocycles. The molecule has 2 heterocycles. The van der Waals surface area contributed by atoms with E-state index in [9.17, 15) is 4.79 Å². The molecule has 0 bridgehead atoms. The van der Waals surface area contributed by atoms with E-state index in [0.29, 0.717) is 10.9 Å². The van der Waals surface area contributed by atoms with Crippen molar-refractivity contribution in [2.75, 3.05) is 45.6 Å². The number of benzene rings is 2. The Hall–Kier alpha value is -3.17. The zero-order valence-corrected chi connectivity index (χ0v) is 18.8. The summed E-state index contributed by atoms with van der Waals surface area (Å²) in [5, 5.41) is 12.5. The van der Waals surface area contributed by atoms with Crippen molar-refractivity contribution in [1.29, 1.82) is 0 Å². The van der Waals surface area contributed by atoms with E-state index in [1.54, 1.807) is 11.8 Å². The summed E-state index contributed by atoms with van der Waals surface area (Å²) >= 11 is 1.35. The monoisotopic (exact) mass is 450 g/mol. The van der Waals surface area contributed by atoms with Crippen LogP contribution in [-0.2, 0) is 4.79 Å². The molecule has 32 heavy (non-hydrogen) atoms. The van der Waals surface area contributed by atoms with E-state index >= 15 is 0 Å². The fourth-order valence-corrected chi connectivity index (χ4v) is 4.25. The maximum Gasteiger partial charge on any atom is 0.233 e. The summed E-state index contributed by atoms with van der Waals surface area (Å²) in [6, 6.07) is 17.8. The molecule has 1 aromatic heterocycles. The number of amides is 1. The number of tetrazole rings is 1. The Morgan fingerprint density at radius 3 is 2.53 bits per heavy atom. The van der Waals surface area contributed by atoms with Crippen LogP contribution in [0.2, 0.25) is 0 Å². The lowest BCUT2D eigenvalue weighted by Crippen LogP contribution is -2.49. The van der Waals surface area contributed by atoms with Crippen LogP contribution < -0.4 is 4.74 Å². The minimum Gasteiger partial charge on any atom is -0.497 e. The lowest BCUT2D eigenvalue weighted by atomic mass is 10.2. The number of piperazine rings is 1. The lowest BCUT2D eigenvalue weighted by molar-refractivity contribution is -0.130. The summed E-state index contributed by atoms with van der Waals surface area (Å²) in [5.41, 5.74) is 2.03. The number of hydrogen-bond donors (Lipinski definition) is 0. The van der Waals surface area contributed by atoms with Gasteiger partial charge in [-0.25, -0.2) is 0 Å². The van der Waals surface area contributed by atoms with E-state index in [-0.39, 0.29) is 5.91 Å². The van der Waals surface area contributed by atoms with Gasteiger partial charge in [0.05, 0.1) is 18.6 Å². The van der Waals surface area contributed by atoms with Crippen molar-refractivity contribution >= 4 is 23.7 Å². The highest BCUT2D eigenvalue weighted by Gasteiger charge is 2.21. The molecule has 2 aromatic carbocycles. The van der Waals surface area contributed by atoms with E-state index < -0.39 is 0 Å². The van der Waals surface area contributed by atoms with Crippen molar-refractivity contribution in [2.24, 2.45) is 0 Å². The van der Waals surface area contributed by atoms with Crippen molar-refractivity contribution in [2.45, 2.75) is 5.16 Å². The molecule has 0 atom stereocenters. The first-order valence-electron chi connectivity index (χ1n) is 10.5. The minimum absolute atomic E-state index is 0.110. The second kappa shape index (κ2) is 10.9. The molecular formula is C23H26N6O2S. The largest absolute Gasteiger partial charge is 0.497 e. The number of carbonyl (C=O) groups excluding carboxylic acids is 1. The normalized spacial score (nSPS) is 14.7. The Morgan fingerprint density at radius 2 is 1.81 bits per heavy atom. The highest BCUT2D eigenvalue weighted by atomic mass is 32.2. The first-order chi connectivity index (χ1) is 15.7. The standard InChI is InChI=1S/C23H26N6O2S/c1-31-21-11-9-20(10-12-21)29-23(24-25-26-29)32-18-22(30)28-16-14-27(15-17-28)13-5-8-19-6-3-2-4-7-19/h2-12H,13-18H2,1H3. The van der Waals surface area contributed by atoms with Gasteiger partial charge in [0.1, 0.15) is 5.75 Å². The second-order valence-electron chi connectivity index (χ2n) is 7.35. The SMILES string of the molecule is COc1ccc(-n2nnnc2SCC(=O)N2CCN(CC=Cc3ccccc3)CC2)cc1. The number of ether oxygens (including phenoxy) is 1. The molecule has 8 nitrogen and oxygen atoms in total. The highest BCUT2D eigenvalue weighted by Crippen LogP contribution is 2.21. The molecule has 1 aliphatic rings. The molecule has 1 amide bonds. The Morgan fingerprint density at radius 1 is 1.06 bits per heavy atom. The molecule has 0 aliphatic carbocycles. The van der Waals surface area contributed by atoms with Crippen LogP contribution in [0.4, 0.5) is 0 Å². The number of methoxy groups -OCH3 is 1. The van der Waals surface area contributed by atoms with E-state index in [1.807, 2.05) is 47.4 Å². The molecule has 4 rings (SSSR count). The molecule has 1 saturated heterocycles. The highest BCUT2D eigenvalue weighted by molar-refractivity contribution is 7.99. The van der Waals surface area contributed by atoms with Gasteiger partial charge < -0.3 is 9.64 Å². The summed E-state index contributed by atoms with van der Waals surface area (Å²) in [7, 11) is 1.63. The number of aromatic nitrogens is 4. The summed E-state index contributed by atoms with van der Waals surface area (Å²) in [4.78, 5) is 17.0. The molecule has 9 heteroatoms. The van der Waals surface area contributed by atoms with Gasteiger partial charge in [-0.1, -0.05) is 54.2 Å². The third-order valence-electron chi connectivity index (χ3n) is 5.28. The lowest BCUT2D eigenvalue weighted by Gasteiger charge is -2.34. The fourth-order valence-electron chi connectivity index (χ4n) is 3.45. The van der Waals surface area contributed by atoms with Crippen LogP contribution in [-0.4, -0.2) is 81.5 Å². The molecule has 166 valence electrons. The molecule has 0 unspecified atom stereocenters. The van der Waals surface area contributed by atoms with Gasteiger partial charge in [0, 0.05) is 32.7 Å². The van der Waals surface area contributed by atoms with Crippen molar-refractivity contribution in [3.05, 3.63) is 66.2 Å². The number of carbonyl (C=O) groups is 1. The predicted molar refractivity (Wildman–Crippen MR) is 125 cm³/mol. The minimum atomic E-state index is 0.110. The Kier molecular flexibility index (Phi) is 7.52. The summed E-state index contributed by atoms with van der Waals surface area (Å²) < 4.78 is 6.82. The van der Waals surface area contributed by atoms with Crippen LogP contribution in [0, 0.1) is 0 Å². The van der Waals surface area contributed by atoms with Gasteiger partial charge in [-0.3, -0.25) is 9.69 Å². The zero-order chi connectivity index (χ0) is 22.2. The average molecular weight is 451 g/mol. The van der Waals surface area contributed by atoms with Crippen LogP contribution >= 0.6 is 11.8 Å². The number of rotatable bonds is 8. The van der Waals surface area contributed by atoms with E-state index in [2.05, 4.69) is 44.7 Å². The second-order valence-corrected chi connectivity index (χ2v) is 8.30. The quantitative estimate of drug-likeness (QED) is 0.488. The van der Waals surface area contributed by atoms with Crippen LogP contribution in [0.25, 0.3) is 11.8 Å². The predicted octanol–water partition coefficient (Wildman–Crippen LogP) is 2.62. The Balaban J connectivity index is 1.24. The Bertz CT molecular complexity index is 1030. The number of nitrogens with zero attached hydrogens (tertiary/aromatic N) is 6. The maximum atomic E-state index is 12.7. The van der Waals surface area contributed by atoms with E-state index in [0.717, 1.165) is 44.2 Å². The summed E-state index contributed by atoms with van der Waals surface area (Å²) in [6.45, 7) is 4.12. The van der Waals surface area contributed by atoms with Crippen molar-refractivity contribution < 1.29 is 9.53 Å². The molecule has 0 spiro atoms. The van der Waals surface area contributed by atoms with Crippen LogP contribution in [0.15, 0.2) is 65.8 Å². The first kappa shape index (κ1) is 22.0. The molecule has 0 saturated carbocycles. The van der Waals surface area contributed by atoms with E-state index in [4.69, 9.17) is 4.74 Å². The van der Waals surface area contributed by atoms with Gasteiger partial charge in [0.25, 0.3) is 0 Å². The summed E-state index contributed by atoms with van der Waals surface area (Å²) in [6.07, 6.45) is 4.32. The molecule has 0 radical (unpaired) electrons. The molecule has 1 fully saturated rings. The van der Waals surface area contributed by atoms with Crippen molar-refractivity contribution in [3.63, 3.8) is 0 Å². The van der Waals surface area contributed by atoms with Crippen LogP contribution in [0.3, 0.4) is 0 Å². The van der Waals surface area contributed by atoms with Gasteiger partial charge in [-0.2, -0.15) is 4.68 Å². The maximum absolute atomic E-state index is 12.7. The van der Waals surface area contributed by atoms with Crippen molar-refractivity contribution in [1.82, 2.24) is 30.0 Å². The smallest absolute Gasteiger partial charge is 0.233 e. The van der Waals surface area contributed by atoms with Gasteiger partial charge >= 0.3 is 0 Å². The van der Waals surface area contributed by atoms with Gasteiger partial charge in [-0.05, 0) is 40.3 Å². The van der Waals surface area contributed by atoms with Gasteiger partial charge in [-0.15, -0.1) is 5.10 Å². The van der Waals surface area contributed by atoms with Gasteiger partial charge in [0.15, 0.2) is 0 Å². The third kappa shape index (κ3) is 5.74. The Labute approximate surface area is 191 Å². The van der Waals surface area contributed by atoms with Crippen LogP contribution in [0.5, 0.6) is 5.75 Å². The topological polar surface area (TPSA) is 76.4 Å². The van der Waals surface area contributed by atoms with Gasteiger partial charge in [0.2, 0.25) is 11.1 Å². The third-order valence-corrected chi connectivity index (χ3v) is 6.19. The fraction of sp³-hybridized carbons (Fsp3) is 0.304. The van der Waals surface area contributed by atoms with E-state index in [1.165, 1.54) is 17.3 Å². The zero-order valence-electron chi connectivity index (χ0n) is 18.0. The average Bonchev–Trinajstić information content (AvgIpc) is 3.32. The first-order valence-corrected chi connectivity index (χ1v) is 11.5. The molecule has 3 aromatic rings. The number of thioether (sulfide) groups is 1. The summed E-state index contributed by atoms with van der Waals surface area (Å²) in [5.74, 6) is 1.18.